The van der Waals surface area contributed by atoms with Crippen LogP contribution in [-0.2, 0) is 21.5 Å². The number of hydrogen-bond donors (Lipinski definition) is 0. The zero-order valence-electron chi connectivity index (χ0n) is 10.8. The van der Waals surface area contributed by atoms with Crippen LogP contribution in [0.4, 0.5) is 0 Å². The van der Waals surface area contributed by atoms with Gasteiger partial charge in [0.05, 0.1) is 6.26 Å². The molecule has 1 aromatic rings. The molecule has 0 aromatic heterocycles. The molecular weight excluding hydrogens is 286 g/mol. The molecule has 0 atom stereocenters. The van der Waals surface area contributed by atoms with Gasteiger partial charge in [0.2, 0.25) is 5.91 Å². The van der Waals surface area contributed by atoms with E-state index in [2.05, 4.69) is 0 Å². The molecule has 19 heavy (non-hydrogen) atoms. The minimum absolute atomic E-state index is 0.0166. The number of carbonyl (C=O) groups excluding carboxylic acids is 1. The number of amides is 1. The maximum Gasteiger partial charge on any atom is 0.306 e. The van der Waals surface area contributed by atoms with Crippen LogP contribution in [0.1, 0.15) is 12.5 Å². The van der Waals surface area contributed by atoms with Gasteiger partial charge in [0.25, 0.3) is 0 Å². The smallest absolute Gasteiger partial charge is 0.306 e. The Bertz CT molecular complexity index is 598. The summed E-state index contributed by atoms with van der Waals surface area (Å²) in [6.45, 7) is 2.71. The maximum atomic E-state index is 11.5. The highest BCUT2D eigenvalue weighted by Crippen LogP contribution is 2.30. The van der Waals surface area contributed by atoms with Crippen molar-refractivity contribution in [2.75, 3.05) is 18.6 Å². The van der Waals surface area contributed by atoms with Crippen LogP contribution in [0.5, 0.6) is 5.75 Å². The zero-order chi connectivity index (χ0) is 14.0. The van der Waals surface area contributed by atoms with E-state index in [-0.39, 0.29) is 11.7 Å². The number of hydrogen-bond acceptors (Lipinski definition) is 5. The molecule has 1 amide bonds. The van der Waals surface area contributed by atoms with E-state index in [0.29, 0.717) is 13.1 Å². The summed E-state index contributed by atoms with van der Waals surface area (Å²) in [7, 11) is -3.53. The first-order chi connectivity index (χ1) is 8.85. The molecule has 104 valence electrons. The largest absolute Gasteiger partial charge is 0.383 e. The number of carbonyl (C=O) groups is 1. The number of thioether (sulfide) groups is 1. The molecule has 0 spiro atoms. The summed E-state index contributed by atoms with van der Waals surface area (Å²) in [5, 5.41) is 0. The topological polar surface area (TPSA) is 63.7 Å². The SMILES string of the molecule is CC(=O)N1CCSc2ccc(OS(C)(=O)=O)cc2C1. The summed E-state index contributed by atoms with van der Waals surface area (Å²) in [4.78, 5) is 14.3. The van der Waals surface area contributed by atoms with Gasteiger partial charge in [-0.2, -0.15) is 8.42 Å². The van der Waals surface area contributed by atoms with E-state index in [0.717, 1.165) is 22.5 Å². The van der Waals surface area contributed by atoms with E-state index < -0.39 is 10.1 Å². The molecule has 0 unspecified atom stereocenters. The minimum atomic E-state index is -3.53. The van der Waals surface area contributed by atoms with Gasteiger partial charge in [-0.25, -0.2) is 0 Å². The molecular formula is C12H15NO4S2. The molecule has 0 bridgehead atoms. The van der Waals surface area contributed by atoms with Crippen LogP contribution in [0, 0.1) is 0 Å². The quantitative estimate of drug-likeness (QED) is 0.774. The lowest BCUT2D eigenvalue weighted by molar-refractivity contribution is -0.129. The highest BCUT2D eigenvalue weighted by molar-refractivity contribution is 7.99. The van der Waals surface area contributed by atoms with Crippen molar-refractivity contribution in [2.45, 2.75) is 18.4 Å². The minimum Gasteiger partial charge on any atom is -0.383 e. The summed E-state index contributed by atoms with van der Waals surface area (Å²) in [5.74, 6) is 1.13. The molecule has 0 radical (unpaired) electrons. The van der Waals surface area contributed by atoms with Crippen molar-refractivity contribution < 1.29 is 17.4 Å². The molecule has 0 fully saturated rings. The van der Waals surface area contributed by atoms with Crippen molar-refractivity contribution in [3.05, 3.63) is 23.8 Å². The fourth-order valence-corrected chi connectivity index (χ4v) is 3.32. The van der Waals surface area contributed by atoms with Crippen LogP contribution in [0.2, 0.25) is 0 Å². The maximum absolute atomic E-state index is 11.5. The molecule has 1 aromatic carbocycles. The Hall–Kier alpha value is -1.21. The lowest BCUT2D eigenvalue weighted by Crippen LogP contribution is -2.29. The second-order valence-electron chi connectivity index (χ2n) is 4.35. The highest BCUT2D eigenvalue weighted by Gasteiger charge is 2.18. The molecule has 0 saturated carbocycles. The van der Waals surface area contributed by atoms with Crippen LogP contribution < -0.4 is 4.18 Å². The molecule has 0 N–H and O–H groups in total. The van der Waals surface area contributed by atoms with Crippen molar-refractivity contribution in [2.24, 2.45) is 0 Å². The molecule has 1 aliphatic rings. The Kier molecular flexibility index (Phi) is 4.05. The van der Waals surface area contributed by atoms with Gasteiger partial charge in [0, 0.05) is 30.7 Å². The third-order valence-corrected chi connectivity index (χ3v) is 4.30. The van der Waals surface area contributed by atoms with Gasteiger partial charge in [-0.15, -0.1) is 11.8 Å². The van der Waals surface area contributed by atoms with E-state index in [4.69, 9.17) is 4.18 Å². The fraction of sp³-hybridized carbons (Fsp3) is 0.417. The lowest BCUT2D eigenvalue weighted by Gasteiger charge is -2.18. The molecule has 1 heterocycles. The van der Waals surface area contributed by atoms with Gasteiger partial charge in [-0.3, -0.25) is 4.79 Å². The van der Waals surface area contributed by atoms with Crippen molar-refractivity contribution in [3.8, 4) is 5.75 Å². The Morgan fingerprint density at radius 1 is 1.42 bits per heavy atom. The second kappa shape index (κ2) is 5.42. The number of rotatable bonds is 2. The first-order valence-electron chi connectivity index (χ1n) is 5.76. The van der Waals surface area contributed by atoms with Crippen LogP contribution >= 0.6 is 11.8 Å². The van der Waals surface area contributed by atoms with Crippen LogP contribution in [0.15, 0.2) is 23.1 Å². The first kappa shape index (κ1) is 14.2. The Balaban J connectivity index is 2.30. The van der Waals surface area contributed by atoms with Crippen LogP contribution in [0.25, 0.3) is 0 Å². The van der Waals surface area contributed by atoms with Crippen molar-refractivity contribution >= 4 is 27.8 Å². The summed E-state index contributed by atoms with van der Waals surface area (Å²) in [5.41, 5.74) is 0.916. The summed E-state index contributed by atoms with van der Waals surface area (Å²) in [6, 6.07) is 5.16. The van der Waals surface area contributed by atoms with E-state index >= 15 is 0 Å². The molecule has 0 saturated heterocycles. The second-order valence-corrected chi connectivity index (χ2v) is 7.06. The highest BCUT2D eigenvalue weighted by atomic mass is 32.2. The van der Waals surface area contributed by atoms with Crippen molar-refractivity contribution in [1.29, 1.82) is 0 Å². The fourth-order valence-electron chi connectivity index (χ4n) is 1.87. The lowest BCUT2D eigenvalue weighted by atomic mass is 10.2. The van der Waals surface area contributed by atoms with Gasteiger partial charge in [-0.05, 0) is 23.8 Å². The van der Waals surface area contributed by atoms with Crippen LogP contribution in [0.3, 0.4) is 0 Å². The number of fused-ring (bicyclic) bond motifs is 1. The third-order valence-electron chi connectivity index (χ3n) is 2.70. The van der Waals surface area contributed by atoms with Gasteiger partial charge in [0.15, 0.2) is 0 Å². The first-order valence-corrected chi connectivity index (χ1v) is 8.56. The predicted molar refractivity (Wildman–Crippen MR) is 73.7 cm³/mol. The van der Waals surface area contributed by atoms with E-state index in [1.54, 1.807) is 28.8 Å². The number of benzene rings is 1. The van der Waals surface area contributed by atoms with Crippen molar-refractivity contribution in [3.63, 3.8) is 0 Å². The Labute approximate surface area is 117 Å². The van der Waals surface area contributed by atoms with Gasteiger partial charge in [0.1, 0.15) is 5.75 Å². The third kappa shape index (κ3) is 3.87. The molecule has 7 heteroatoms. The summed E-state index contributed by atoms with van der Waals surface area (Å²) in [6.07, 6.45) is 1.01. The van der Waals surface area contributed by atoms with E-state index in [9.17, 15) is 13.2 Å². The molecule has 1 aliphatic heterocycles. The summed E-state index contributed by atoms with van der Waals surface area (Å²) < 4.78 is 27.1. The summed E-state index contributed by atoms with van der Waals surface area (Å²) >= 11 is 1.66. The monoisotopic (exact) mass is 301 g/mol. The van der Waals surface area contributed by atoms with Crippen LogP contribution in [-0.4, -0.2) is 37.8 Å². The number of nitrogens with zero attached hydrogens (tertiary/aromatic N) is 1. The molecule has 2 rings (SSSR count). The average molecular weight is 301 g/mol. The van der Waals surface area contributed by atoms with Crippen molar-refractivity contribution in [1.82, 2.24) is 4.90 Å². The van der Waals surface area contributed by atoms with Gasteiger partial charge < -0.3 is 9.08 Å². The normalized spacial score (nSPS) is 15.6. The van der Waals surface area contributed by atoms with E-state index in [1.165, 1.54) is 6.92 Å². The Morgan fingerprint density at radius 3 is 2.79 bits per heavy atom. The molecule has 5 nitrogen and oxygen atoms in total. The predicted octanol–water partition coefficient (Wildman–Crippen LogP) is 1.48. The molecule has 0 aliphatic carbocycles. The van der Waals surface area contributed by atoms with Gasteiger partial charge in [-0.1, -0.05) is 0 Å². The zero-order valence-corrected chi connectivity index (χ0v) is 12.4. The standard InChI is InChI=1S/C12H15NO4S2/c1-9(14)13-5-6-18-12-4-3-11(7-10(12)8-13)17-19(2,15)16/h3-4,7H,5-6,8H2,1-2H3. The van der Waals surface area contributed by atoms with Gasteiger partial charge >= 0.3 is 10.1 Å². The average Bonchev–Trinajstić information content (AvgIpc) is 2.48. The Morgan fingerprint density at radius 2 is 2.16 bits per heavy atom. The van der Waals surface area contributed by atoms with E-state index in [1.807, 2.05) is 6.07 Å².